The van der Waals surface area contributed by atoms with Crippen molar-refractivity contribution >= 4 is 17.6 Å². The number of unbranched alkanes of at least 4 members (excludes halogenated alkanes) is 2. The molecular formula is C26H31F3N2O. The van der Waals surface area contributed by atoms with Crippen molar-refractivity contribution in [3.8, 4) is 5.75 Å². The Kier molecular flexibility index (Phi) is 9.57. The Morgan fingerprint density at radius 1 is 1.12 bits per heavy atom. The summed E-state index contributed by atoms with van der Waals surface area (Å²) in [4.78, 5) is 4.48. The molecular weight excluding hydrogens is 413 g/mol. The third kappa shape index (κ3) is 8.25. The van der Waals surface area contributed by atoms with E-state index >= 15 is 0 Å². The normalized spacial score (nSPS) is 13.0. The van der Waals surface area contributed by atoms with Gasteiger partial charge >= 0.3 is 6.18 Å². The predicted molar refractivity (Wildman–Crippen MR) is 127 cm³/mol. The summed E-state index contributed by atoms with van der Waals surface area (Å²) >= 11 is 0. The van der Waals surface area contributed by atoms with E-state index in [9.17, 15) is 13.2 Å². The lowest BCUT2D eigenvalue weighted by Crippen LogP contribution is -2.12. The van der Waals surface area contributed by atoms with Gasteiger partial charge in [-0.05, 0) is 57.0 Å². The number of amidine groups is 1. The van der Waals surface area contributed by atoms with Gasteiger partial charge in [-0.1, -0.05) is 61.7 Å². The molecule has 0 saturated heterocycles. The molecule has 0 amide bonds. The van der Waals surface area contributed by atoms with Crippen LogP contribution in [0.1, 0.15) is 56.7 Å². The number of nitrogens with one attached hydrogen (secondary N) is 1. The van der Waals surface area contributed by atoms with E-state index in [0.717, 1.165) is 36.5 Å². The molecule has 6 heteroatoms. The number of ether oxygens (including phenoxy) is 1. The van der Waals surface area contributed by atoms with Crippen LogP contribution in [0.4, 0.5) is 18.9 Å². The number of halogens is 3. The average Bonchev–Trinajstić information content (AvgIpc) is 2.74. The van der Waals surface area contributed by atoms with Gasteiger partial charge in [0.15, 0.2) is 0 Å². The highest BCUT2D eigenvalue weighted by Gasteiger charge is 2.34. The van der Waals surface area contributed by atoms with Crippen LogP contribution in [0, 0.1) is 6.92 Å². The Morgan fingerprint density at radius 3 is 2.56 bits per heavy atom. The minimum absolute atomic E-state index is 0.149. The number of alkyl halides is 3. The number of anilines is 1. The summed E-state index contributed by atoms with van der Waals surface area (Å²) in [6.45, 7) is 7.90. The van der Waals surface area contributed by atoms with Crippen LogP contribution in [0.3, 0.4) is 0 Å². The van der Waals surface area contributed by atoms with Crippen molar-refractivity contribution < 1.29 is 17.9 Å². The van der Waals surface area contributed by atoms with Crippen LogP contribution < -0.4 is 10.1 Å². The fraction of sp³-hybridized carbons (Fsp3) is 0.346. The van der Waals surface area contributed by atoms with Crippen molar-refractivity contribution in [3.05, 3.63) is 77.0 Å². The number of nitrogens with zero attached hydrogens (tertiary/aromatic N) is 1. The van der Waals surface area contributed by atoms with Gasteiger partial charge in [-0.25, -0.2) is 4.99 Å². The highest BCUT2D eigenvalue weighted by Crippen LogP contribution is 2.38. The summed E-state index contributed by atoms with van der Waals surface area (Å²) in [7, 11) is 0. The van der Waals surface area contributed by atoms with E-state index in [0.29, 0.717) is 17.2 Å². The number of allylic oxidation sites excluding steroid dienone is 2. The Labute approximate surface area is 188 Å². The summed E-state index contributed by atoms with van der Waals surface area (Å²) in [6.07, 6.45) is 3.77. The van der Waals surface area contributed by atoms with Crippen LogP contribution in [-0.4, -0.2) is 12.4 Å². The van der Waals surface area contributed by atoms with Crippen molar-refractivity contribution in [2.75, 3.05) is 11.9 Å². The molecule has 0 atom stereocenters. The van der Waals surface area contributed by atoms with Crippen LogP contribution >= 0.6 is 0 Å². The van der Waals surface area contributed by atoms with Crippen LogP contribution in [-0.2, 0) is 6.18 Å². The largest absolute Gasteiger partial charge is 0.493 e. The third-order valence-corrected chi connectivity index (χ3v) is 4.70. The van der Waals surface area contributed by atoms with Crippen molar-refractivity contribution in [2.45, 2.75) is 53.1 Å². The molecule has 0 aliphatic rings. The average molecular weight is 445 g/mol. The molecule has 3 nitrogen and oxygen atoms in total. The molecule has 0 aliphatic carbocycles. The first-order chi connectivity index (χ1) is 15.2. The molecule has 0 spiro atoms. The number of rotatable bonds is 9. The maximum absolute atomic E-state index is 13.5. The molecule has 0 aliphatic heterocycles. The van der Waals surface area contributed by atoms with E-state index in [2.05, 4.69) is 16.4 Å². The standard InChI is InChI=1S/C26H31F3N2O/c1-5-7-8-16-32-25-15-14-23(18-24(25)26(27,28)29)31-20(4)30-22(6-2)13-12-21-11-9-10-19(3)17-21/h6,9-15,17-18H,5,7-8,16H2,1-4H3,(H,30,31)/b13-12+,22-6-. The number of hydrogen-bond donors (Lipinski definition) is 1. The maximum atomic E-state index is 13.5. The molecule has 0 bridgehead atoms. The summed E-state index contributed by atoms with van der Waals surface area (Å²) in [6, 6.07) is 12.1. The number of benzene rings is 2. The third-order valence-electron chi connectivity index (χ3n) is 4.70. The van der Waals surface area contributed by atoms with Gasteiger partial charge in [0.05, 0.1) is 17.9 Å². The summed E-state index contributed by atoms with van der Waals surface area (Å²) in [5.41, 5.74) is 2.42. The molecule has 0 saturated carbocycles. The van der Waals surface area contributed by atoms with Gasteiger partial charge in [-0.2, -0.15) is 13.2 Å². The zero-order valence-corrected chi connectivity index (χ0v) is 19.1. The minimum Gasteiger partial charge on any atom is -0.493 e. The van der Waals surface area contributed by atoms with Crippen molar-refractivity contribution in [2.24, 2.45) is 4.99 Å². The minimum atomic E-state index is -4.51. The highest BCUT2D eigenvalue weighted by atomic mass is 19.4. The first-order valence-corrected chi connectivity index (χ1v) is 10.8. The number of hydrogen-bond acceptors (Lipinski definition) is 2. The fourth-order valence-electron chi connectivity index (χ4n) is 3.07. The van der Waals surface area contributed by atoms with E-state index in [1.165, 1.54) is 6.07 Å². The van der Waals surface area contributed by atoms with Crippen molar-refractivity contribution in [3.63, 3.8) is 0 Å². The first-order valence-electron chi connectivity index (χ1n) is 10.8. The van der Waals surface area contributed by atoms with E-state index in [4.69, 9.17) is 4.74 Å². The van der Waals surface area contributed by atoms with Crippen molar-refractivity contribution in [1.82, 2.24) is 0 Å². The highest BCUT2D eigenvalue weighted by molar-refractivity contribution is 5.94. The predicted octanol–water partition coefficient (Wildman–Crippen LogP) is 8.03. The van der Waals surface area contributed by atoms with Crippen molar-refractivity contribution in [1.29, 1.82) is 0 Å². The summed E-state index contributed by atoms with van der Waals surface area (Å²) in [5.74, 6) is 0.334. The molecule has 1 N–H and O–H groups in total. The van der Waals surface area contributed by atoms with Crippen LogP contribution in [0.5, 0.6) is 5.75 Å². The SMILES string of the molecule is C/C=C(/C=C/c1cccc(C)c1)N=C(C)Nc1ccc(OCCCCC)c(C(F)(F)F)c1. The van der Waals surface area contributed by atoms with E-state index < -0.39 is 11.7 Å². The first kappa shape index (κ1) is 25.2. The Hall–Kier alpha value is -3.02. The fourth-order valence-corrected chi connectivity index (χ4v) is 3.07. The smallest absolute Gasteiger partial charge is 0.420 e. The molecule has 172 valence electrons. The summed E-state index contributed by atoms with van der Waals surface area (Å²) < 4.78 is 46.0. The van der Waals surface area contributed by atoms with Gasteiger partial charge in [-0.3, -0.25) is 0 Å². The van der Waals surface area contributed by atoms with Gasteiger partial charge in [0.1, 0.15) is 11.6 Å². The Morgan fingerprint density at radius 2 is 1.91 bits per heavy atom. The van der Waals surface area contributed by atoms with Gasteiger partial charge in [0, 0.05) is 5.69 Å². The number of aryl methyl sites for hydroxylation is 1. The van der Waals surface area contributed by atoms with Gasteiger partial charge < -0.3 is 10.1 Å². The molecule has 2 aromatic carbocycles. The second kappa shape index (κ2) is 12.1. The van der Waals surface area contributed by atoms with Gasteiger partial charge in [-0.15, -0.1) is 0 Å². The zero-order valence-electron chi connectivity index (χ0n) is 19.1. The van der Waals surface area contributed by atoms with Crippen LogP contribution in [0.15, 0.2) is 65.3 Å². The topological polar surface area (TPSA) is 33.6 Å². The lowest BCUT2D eigenvalue weighted by atomic mass is 10.1. The van der Waals surface area contributed by atoms with Crippen LogP contribution in [0.2, 0.25) is 0 Å². The van der Waals surface area contributed by atoms with E-state index in [1.54, 1.807) is 13.0 Å². The molecule has 2 aromatic rings. The Bertz CT molecular complexity index is 975. The summed E-state index contributed by atoms with van der Waals surface area (Å²) in [5, 5.41) is 2.95. The monoisotopic (exact) mass is 444 g/mol. The van der Waals surface area contributed by atoms with Gasteiger partial charge in [0.25, 0.3) is 0 Å². The van der Waals surface area contributed by atoms with Crippen LogP contribution in [0.25, 0.3) is 6.08 Å². The quantitative estimate of drug-likeness (QED) is 0.184. The molecule has 0 aromatic heterocycles. The van der Waals surface area contributed by atoms with E-state index in [-0.39, 0.29) is 12.4 Å². The zero-order chi connectivity index (χ0) is 23.6. The molecule has 0 fully saturated rings. The second-order valence-corrected chi connectivity index (χ2v) is 7.55. The molecule has 0 unspecified atom stereocenters. The second-order valence-electron chi connectivity index (χ2n) is 7.55. The number of aliphatic imine (C=N–C) groups is 1. The molecule has 2 rings (SSSR count). The van der Waals surface area contributed by atoms with E-state index in [1.807, 2.05) is 57.2 Å². The molecule has 32 heavy (non-hydrogen) atoms. The lowest BCUT2D eigenvalue weighted by Gasteiger charge is -2.16. The van der Waals surface area contributed by atoms with Gasteiger partial charge in [0.2, 0.25) is 0 Å². The molecule has 0 radical (unpaired) electrons. The molecule has 0 heterocycles. The Balaban J connectivity index is 2.14. The maximum Gasteiger partial charge on any atom is 0.420 e. The lowest BCUT2D eigenvalue weighted by molar-refractivity contribution is -0.138.